The van der Waals surface area contributed by atoms with Crippen LogP contribution in [0, 0.1) is 0 Å². The number of carbonyl (C=O) groups excluding carboxylic acids is 2. The number of aliphatic hydroxyl groups excluding tert-OH is 2. The minimum absolute atomic E-state index is 0.00487. The second kappa shape index (κ2) is 63.4. The standard InChI is InChI=1S/C68H127NO5/c1-3-5-7-9-11-13-15-17-18-30-33-37-40-44-48-52-56-60-66(71)65(64-70)69-67(72)61-57-53-49-45-41-38-34-31-28-26-24-22-20-19-21-23-25-27-29-32-35-39-43-47-51-55-59-63-74-68(73)62-58-54-50-46-42-36-16-14-12-10-8-6-4-2/h8,10,14,16,19-20,23,25,65-66,70-71H,3-7,9,11-13,15,17-18,21-22,24,26-64H2,1-2H3,(H,69,72)/b10-8-,16-14-,20-19-,25-23-. The molecule has 6 heteroatoms. The van der Waals surface area contributed by atoms with Crippen LogP contribution in [0.2, 0.25) is 0 Å². The van der Waals surface area contributed by atoms with Crippen molar-refractivity contribution in [2.24, 2.45) is 0 Å². The summed E-state index contributed by atoms with van der Waals surface area (Å²) < 4.78 is 5.47. The average Bonchev–Trinajstić information content (AvgIpc) is 3.40. The van der Waals surface area contributed by atoms with E-state index in [9.17, 15) is 19.8 Å². The number of unbranched alkanes of at least 4 members (excludes halogenated alkanes) is 42. The fourth-order valence-electron chi connectivity index (χ4n) is 10.1. The molecule has 1 amide bonds. The molecule has 0 heterocycles. The fourth-order valence-corrected chi connectivity index (χ4v) is 10.1. The molecule has 0 spiro atoms. The first-order chi connectivity index (χ1) is 36.5. The van der Waals surface area contributed by atoms with Crippen LogP contribution in [0.4, 0.5) is 0 Å². The van der Waals surface area contributed by atoms with Crippen molar-refractivity contribution >= 4 is 11.9 Å². The summed E-state index contributed by atoms with van der Waals surface area (Å²) in [4.78, 5) is 24.5. The van der Waals surface area contributed by atoms with E-state index >= 15 is 0 Å². The highest BCUT2D eigenvalue weighted by Gasteiger charge is 2.20. The van der Waals surface area contributed by atoms with Crippen LogP contribution in [-0.4, -0.2) is 47.4 Å². The van der Waals surface area contributed by atoms with Crippen molar-refractivity contribution in [2.45, 2.75) is 360 Å². The van der Waals surface area contributed by atoms with Gasteiger partial charge >= 0.3 is 5.97 Å². The van der Waals surface area contributed by atoms with Gasteiger partial charge in [0.05, 0.1) is 25.4 Å². The second-order valence-electron chi connectivity index (χ2n) is 22.4. The Labute approximate surface area is 461 Å². The highest BCUT2D eigenvalue weighted by molar-refractivity contribution is 5.76. The molecule has 0 radical (unpaired) electrons. The van der Waals surface area contributed by atoms with Crippen LogP contribution in [0.3, 0.4) is 0 Å². The lowest BCUT2D eigenvalue weighted by molar-refractivity contribution is -0.143. The lowest BCUT2D eigenvalue weighted by Gasteiger charge is -2.22. The van der Waals surface area contributed by atoms with Crippen molar-refractivity contribution in [1.82, 2.24) is 5.32 Å². The maximum atomic E-state index is 12.5. The summed E-state index contributed by atoms with van der Waals surface area (Å²) in [7, 11) is 0. The summed E-state index contributed by atoms with van der Waals surface area (Å²) in [5, 5.41) is 23.3. The molecule has 3 N–H and O–H groups in total. The Morgan fingerprint density at radius 1 is 0.378 bits per heavy atom. The Kier molecular flexibility index (Phi) is 61.5. The van der Waals surface area contributed by atoms with Gasteiger partial charge in [-0.3, -0.25) is 9.59 Å². The van der Waals surface area contributed by atoms with E-state index in [2.05, 4.69) is 67.8 Å². The van der Waals surface area contributed by atoms with Crippen molar-refractivity contribution in [1.29, 1.82) is 0 Å². The Hall–Kier alpha value is -2.18. The summed E-state index contributed by atoms with van der Waals surface area (Å²) >= 11 is 0. The largest absolute Gasteiger partial charge is 0.466 e. The van der Waals surface area contributed by atoms with Gasteiger partial charge < -0.3 is 20.3 Å². The SMILES string of the molecule is CCC/C=C\C/C=C\CCCCCCCC(=O)OCCCCCCCCCCC/C=C\C/C=C\CCCCCCCCCCCCCC(=O)NC(CO)C(O)CCCCCCCCCCCCCCCCCCC. The third-order valence-electron chi connectivity index (χ3n) is 15.1. The molecule has 2 atom stereocenters. The number of amides is 1. The molecule has 2 unspecified atom stereocenters. The third-order valence-corrected chi connectivity index (χ3v) is 15.1. The normalized spacial score (nSPS) is 12.9. The number of ether oxygens (including phenoxy) is 1. The van der Waals surface area contributed by atoms with Crippen LogP contribution in [0.5, 0.6) is 0 Å². The van der Waals surface area contributed by atoms with Gasteiger partial charge in [0.15, 0.2) is 0 Å². The van der Waals surface area contributed by atoms with Crippen LogP contribution >= 0.6 is 0 Å². The molecule has 0 aromatic rings. The molecule has 0 rings (SSSR count). The van der Waals surface area contributed by atoms with Gasteiger partial charge in [0.2, 0.25) is 5.91 Å². The lowest BCUT2D eigenvalue weighted by atomic mass is 10.0. The average molecular weight is 1040 g/mol. The first kappa shape index (κ1) is 71.8. The molecule has 0 aliphatic heterocycles. The molecule has 434 valence electrons. The van der Waals surface area contributed by atoms with Gasteiger partial charge in [-0.05, 0) is 83.5 Å². The van der Waals surface area contributed by atoms with Crippen LogP contribution in [0.1, 0.15) is 348 Å². The molecule has 0 saturated heterocycles. The van der Waals surface area contributed by atoms with Crippen molar-refractivity contribution in [3.63, 3.8) is 0 Å². The molecule has 74 heavy (non-hydrogen) atoms. The summed E-state index contributed by atoms with van der Waals surface area (Å²) in [5.41, 5.74) is 0. The summed E-state index contributed by atoms with van der Waals surface area (Å²) in [6.07, 6.45) is 81.3. The number of allylic oxidation sites excluding steroid dienone is 8. The van der Waals surface area contributed by atoms with Crippen molar-refractivity contribution in [3.8, 4) is 0 Å². The van der Waals surface area contributed by atoms with E-state index in [1.165, 1.54) is 257 Å². The molecule has 0 saturated carbocycles. The third kappa shape index (κ3) is 59.1. The predicted molar refractivity (Wildman–Crippen MR) is 324 cm³/mol. The lowest BCUT2D eigenvalue weighted by Crippen LogP contribution is -2.45. The van der Waals surface area contributed by atoms with Crippen molar-refractivity contribution < 1.29 is 24.5 Å². The number of rotatable bonds is 61. The molecular formula is C68H127NO5. The molecule has 6 nitrogen and oxygen atoms in total. The van der Waals surface area contributed by atoms with Gasteiger partial charge in [-0.1, -0.05) is 300 Å². The molecular weight excluding hydrogens is 911 g/mol. The topological polar surface area (TPSA) is 95.9 Å². The summed E-state index contributed by atoms with van der Waals surface area (Å²) in [6, 6.07) is -0.545. The van der Waals surface area contributed by atoms with Gasteiger partial charge in [0.1, 0.15) is 0 Å². The fraction of sp³-hybridized carbons (Fsp3) is 0.853. The number of carbonyl (C=O) groups is 2. The quantitative estimate of drug-likeness (QED) is 0.0320. The van der Waals surface area contributed by atoms with Gasteiger partial charge in [-0.2, -0.15) is 0 Å². The van der Waals surface area contributed by atoms with E-state index < -0.39 is 12.1 Å². The number of hydrogen-bond acceptors (Lipinski definition) is 5. The van der Waals surface area contributed by atoms with E-state index in [0.717, 1.165) is 57.8 Å². The Morgan fingerprint density at radius 3 is 1.08 bits per heavy atom. The maximum Gasteiger partial charge on any atom is 0.305 e. The zero-order valence-corrected chi connectivity index (χ0v) is 49.6. The highest BCUT2D eigenvalue weighted by Crippen LogP contribution is 2.18. The maximum absolute atomic E-state index is 12.5. The summed E-state index contributed by atoms with van der Waals surface area (Å²) in [6.45, 7) is 4.90. The van der Waals surface area contributed by atoms with Crippen LogP contribution in [-0.2, 0) is 14.3 Å². The molecule has 0 aromatic heterocycles. The van der Waals surface area contributed by atoms with E-state index in [1.807, 2.05) is 0 Å². The number of nitrogens with one attached hydrogen (secondary N) is 1. The molecule has 0 aliphatic rings. The Balaban J connectivity index is 3.43. The molecule has 0 bridgehead atoms. The zero-order chi connectivity index (χ0) is 53.6. The Morgan fingerprint density at radius 2 is 0.703 bits per heavy atom. The Bertz CT molecular complexity index is 1240. The number of hydrogen-bond donors (Lipinski definition) is 3. The van der Waals surface area contributed by atoms with Crippen molar-refractivity contribution in [2.75, 3.05) is 13.2 Å². The van der Waals surface area contributed by atoms with Crippen LogP contribution in [0.15, 0.2) is 48.6 Å². The van der Waals surface area contributed by atoms with Gasteiger partial charge in [0, 0.05) is 12.8 Å². The van der Waals surface area contributed by atoms with E-state index in [1.54, 1.807) is 0 Å². The van der Waals surface area contributed by atoms with Gasteiger partial charge in [0.25, 0.3) is 0 Å². The number of aliphatic hydroxyl groups is 2. The van der Waals surface area contributed by atoms with Crippen molar-refractivity contribution in [3.05, 3.63) is 48.6 Å². The molecule has 0 fully saturated rings. The first-order valence-corrected chi connectivity index (χ1v) is 32.9. The first-order valence-electron chi connectivity index (χ1n) is 32.9. The summed E-state index contributed by atoms with van der Waals surface area (Å²) in [5.74, 6) is -0.0410. The van der Waals surface area contributed by atoms with E-state index in [0.29, 0.717) is 25.9 Å². The van der Waals surface area contributed by atoms with E-state index in [4.69, 9.17) is 4.74 Å². The van der Waals surface area contributed by atoms with Gasteiger partial charge in [-0.25, -0.2) is 0 Å². The monoisotopic (exact) mass is 1040 g/mol. The molecule has 0 aromatic carbocycles. The van der Waals surface area contributed by atoms with Crippen LogP contribution < -0.4 is 5.32 Å². The van der Waals surface area contributed by atoms with Crippen LogP contribution in [0.25, 0.3) is 0 Å². The minimum atomic E-state index is -0.667. The highest BCUT2D eigenvalue weighted by atomic mass is 16.5. The zero-order valence-electron chi connectivity index (χ0n) is 49.6. The second-order valence-corrected chi connectivity index (χ2v) is 22.4. The van der Waals surface area contributed by atoms with Gasteiger partial charge in [-0.15, -0.1) is 0 Å². The minimum Gasteiger partial charge on any atom is -0.466 e. The predicted octanol–water partition coefficient (Wildman–Crippen LogP) is 20.9. The number of esters is 1. The molecule has 0 aliphatic carbocycles. The van der Waals surface area contributed by atoms with E-state index in [-0.39, 0.29) is 18.5 Å². The smallest absolute Gasteiger partial charge is 0.305 e.